The van der Waals surface area contributed by atoms with Gasteiger partial charge < -0.3 is 10.1 Å². The van der Waals surface area contributed by atoms with Gasteiger partial charge in [-0.15, -0.1) is 11.3 Å². The Hall–Kier alpha value is -0.840. The SMILES string of the molecule is CCNC(c1csc(Br)c1)c1cc(C)ccc1OC. The van der Waals surface area contributed by atoms with Crippen molar-refractivity contribution in [2.75, 3.05) is 13.7 Å². The minimum atomic E-state index is 0.169. The molecule has 0 saturated carbocycles. The molecule has 0 amide bonds. The van der Waals surface area contributed by atoms with Crippen LogP contribution in [0.3, 0.4) is 0 Å². The molecular formula is C15H18BrNOS. The molecule has 1 heterocycles. The average Bonchev–Trinajstić information content (AvgIpc) is 2.82. The van der Waals surface area contributed by atoms with Crippen LogP contribution in [-0.2, 0) is 0 Å². The molecule has 1 unspecified atom stereocenters. The number of thiophene rings is 1. The predicted octanol–water partition coefficient (Wildman–Crippen LogP) is 4.53. The zero-order valence-electron chi connectivity index (χ0n) is 11.4. The standard InChI is InChI=1S/C15H18BrNOS/c1-4-17-15(11-8-14(16)19-9-11)12-7-10(2)5-6-13(12)18-3/h5-9,15,17H,4H2,1-3H3. The molecule has 102 valence electrons. The van der Waals surface area contributed by atoms with Gasteiger partial charge in [-0.3, -0.25) is 0 Å². The number of hydrogen-bond donors (Lipinski definition) is 1. The summed E-state index contributed by atoms with van der Waals surface area (Å²) < 4.78 is 6.66. The first kappa shape index (κ1) is 14.6. The van der Waals surface area contributed by atoms with E-state index in [2.05, 4.69) is 58.7 Å². The Balaban J connectivity index is 2.46. The van der Waals surface area contributed by atoms with Crippen molar-refractivity contribution in [3.8, 4) is 5.75 Å². The largest absolute Gasteiger partial charge is 0.496 e. The number of halogens is 1. The molecule has 0 spiro atoms. The van der Waals surface area contributed by atoms with Gasteiger partial charge in [0, 0.05) is 5.56 Å². The highest BCUT2D eigenvalue weighted by atomic mass is 79.9. The second-order valence-electron chi connectivity index (χ2n) is 4.42. The minimum absolute atomic E-state index is 0.169. The van der Waals surface area contributed by atoms with Gasteiger partial charge in [0.05, 0.1) is 16.9 Å². The molecule has 0 bridgehead atoms. The van der Waals surface area contributed by atoms with Crippen molar-refractivity contribution in [2.45, 2.75) is 19.9 Å². The molecule has 0 aliphatic heterocycles. The van der Waals surface area contributed by atoms with Gasteiger partial charge >= 0.3 is 0 Å². The van der Waals surface area contributed by atoms with E-state index in [-0.39, 0.29) is 6.04 Å². The summed E-state index contributed by atoms with van der Waals surface area (Å²) in [5, 5.41) is 5.72. The van der Waals surface area contributed by atoms with Gasteiger partial charge in [-0.2, -0.15) is 0 Å². The third kappa shape index (κ3) is 3.38. The summed E-state index contributed by atoms with van der Waals surface area (Å²) in [4.78, 5) is 0. The first-order chi connectivity index (χ1) is 9.15. The summed E-state index contributed by atoms with van der Waals surface area (Å²) in [5.41, 5.74) is 3.70. The van der Waals surface area contributed by atoms with Crippen LogP contribution < -0.4 is 10.1 Å². The molecule has 2 nitrogen and oxygen atoms in total. The van der Waals surface area contributed by atoms with Crippen LogP contribution in [0.15, 0.2) is 33.4 Å². The van der Waals surface area contributed by atoms with Gasteiger partial charge in [0.1, 0.15) is 5.75 Å². The Morgan fingerprint density at radius 1 is 1.37 bits per heavy atom. The molecule has 2 aromatic rings. The molecule has 2 rings (SSSR count). The number of hydrogen-bond acceptors (Lipinski definition) is 3. The van der Waals surface area contributed by atoms with Crippen LogP contribution in [0.2, 0.25) is 0 Å². The molecule has 1 N–H and O–H groups in total. The van der Waals surface area contributed by atoms with E-state index in [0.717, 1.165) is 16.1 Å². The maximum absolute atomic E-state index is 5.51. The summed E-state index contributed by atoms with van der Waals surface area (Å²) in [6.07, 6.45) is 0. The molecule has 1 aromatic heterocycles. The van der Waals surface area contributed by atoms with E-state index in [4.69, 9.17) is 4.74 Å². The van der Waals surface area contributed by atoms with Gasteiger partial charge in [-0.25, -0.2) is 0 Å². The zero-order valence-corrected chi connectivity index (χ0v) is 13.8. The van der Waals surface area contributed by atoms with Gasteiger partial charge in [0.15, 0.2) is 0 Å². The summed E-state index contributed by atoms with van der Waals surface area (Å²) in [7, 11) is 1.72. The normalized spacial score (nSPS) is 12.4. The van der Waals surface area contributed by atoms with Gasteiger partial charge in [-0.1, -0.05) is 24.6 Å². The summed E-state index contributed by atoms with van der Waals surface area (Å²) in [6, 6.07) is 8.64. The summed E-state index contributed by atoms with van der Waals surface area (Å²) >= 11 is 5.24. The van der Waals surface area contributed by atoms with Gasteiger partial charge in [-0.05, 0) is 52.5 Å². The quantitative estimate of drug-likeness (QED) is 0.864. The van der Waals surface area contributed by atoms with E-state index in [0.29, 0.717) is 0 Å². The van der Waals surface area contributed by atoms with Crippen LogP contribution in [0.25, 0.3) is 0 Å². The van der Waals surface area contributed by atoms with Crippen molar-refractivity contribution in [3.63, 3.8) is 0 Å². The lowest BCUT2D eigenvalue weighted by Crippen LogP contribution is -2.22. The van der Waals surface area contributed by atoms with Crippen LogP contribution in [0.4, 0.5) is 0 Å². The van der Waals surface area contributed by atoms with Crippen molar-refractivity contribution >= 4 is 27.3 Å². The van der Waals surface area contributed by atoms with Crippen LogP contribution in [0.1, 0.15) is 29.7 Å². The number of aryl methyl sites for hydroxylation is 1. The fourth-order valence-electron chi connectivity index (χ4n) is 2.17. The second kappa shape index (κ2) is 6.55. The third-order valence-corrected chi connectivity index (χ3v) is 4.55. The number of rotatable bonds is 5. The van der Waals surface area contributed by atoms with Crippen molar-refractivity contribution in [1.82, 2.24) is 5.32 Å². The molecule has 1 atom stereocenters. The van der Waals surface area contributed by atoms with Crippen molar-refractivity contribution in [1.29, 1.82) is 0 Å². The molecule has 0 aliphatic rings. The van der Waals surface area contributed by atoms with Crippen LogP contribution in [-0.4, -0.2) is 13.7 Å². The fourth-order valence-corrected chi connectivity index (χ4v) is 3.37. The molecular weight excluding hydrogens is 322 g/mol. The monoisotopic (exact) mass is 339 g/mol. The van der Waals surface area contributed by atoms with E-state index in [9.17, 15) is 0 Å². The molecule has 0 saturated heterocycles. The van der Waals surface area contributed by atoms with Gasteiger partial charge in [0.2, 0.25) is 0 Å². The smallest absolute Gasteiger partial charge is 0.123 e. The highest BCUT2D eigenvalue weighted by molar-refractivity contribution is 9.11. The maximum atomic E-state index is 5.51. The van der Waals surface area contributed by atoms with E-state index < -0.39 is 0 Å². The first-order valence-corrected chi connectivity index (χ1v) is 7.94. The highest BCUT2D eigenvalue weighted by Gasteiger charge is 2.18. The molecule has 0 radical (unpaired) electrons. The van der Waals surface area contributed by atoms with E-state index >= 15 is 0 Å². The van der Waals surface area contributed by atoms with Gasteiger partial charge in [0.25, 0.3) is 0 Å². The van der Waals surface area contributed by atoms with E-state index in [1.807, 2.05) is 6.07 Å². The van der Waals surface area contributed by atoms with E-state index in [1.54, 1.807) is 18.4 Å². The van der Waals surface area contributed by atoms with Crippen molar-refractivity contribution < 1.29 is 4.74 Å². The van der Waals surface area contributed by atoms with E-state index in [1.165, 1.54) is 16.7 Å². The number of benzene rings is 1. The Morgan fingerprint density at radius 3 is 2.74 bits per heavy atom. The third-order valence-electron chi connectivity index (χ3n) is 3.03. The van der Waals surface area contributed by atoms with Crippen molar-refractivity contribution in [3.05, 3.63) is 50.1 Å². The molecule has 0 aliphatic carbocycles. The Bertz CT molecular complexity index is 553. The lowest BCUT2D eigenvalue weighted by molar-refractivity contribution is 0.404. The summed E-state index contributed by atoms with van der Waals surface area (Å²) in [6.45, 7) is 5.14. The number of methoxy groups -OCH3 is 1. The number of ether oxygens (including phenoxy) is 1. The fraction of sp³-hybridized carbons (Fsp3) is 0.333. The Kier molecular flexibility index (Phi) is 5.02. The Labute approximate surface area is 126 Å². The summed E-state index contributed by atoms with van der Waals surface area (Å²) in [5.74, 6) is 0.930. The van der Waals surface area contributed by atoms with Crippen LogP contribution in [0, 0.1) is 6.92 Å². The lowest BCUT2D eigenvalue weighted by atomic mass is 9.98. The molecule has 4 heteroatoms. The maximum Gasteiger partial charge on any atom is 0.123 e. The number of nitrogens with one attached hydrogen (secondary N) is 1. The zero-order chi connectivity index (χ0) is 13.8. The van der Waals surface area contributed by atoms with Crippen LogP contribution >= 0.6 is 27.3 Å². The molecule has 0 fully saturated rings. The predicted molar refractivity (Wildman–Crippen MR) is 85.3 cm³/mol. The second-order valence-corrected chi connectivity index (χ2v) is 6.71. The first-order valence-electron chi connectivity index (χ1n) is 6.27. The van der Waals surface area contributed by atoms with Crippen molar-refractivity contribution in [2.24, 2.45) is 0 Å². The lowest BCUT2D eigenvalue weighted by Gasteiger charge is -2.20. The van der Waals surface area contributed by atoms with Crippen LogP contribution in [0.5, 0.6) is 5.75 Å². The topological polar surface area (TPSA) is 21.3 Å². The molecule has 1 aromatic carbocycles. The minimum Gasteiger partial charge on any atom is -0.496 e. The Morgan fingerprint density at radius 2 is 2.16 bits per heavy atom. The highest BCUT2D eigenvalue weighted by Crippen LogP contribution is 2.34. The molecule has 19 heavy (non-hydrogen) atoms. The average molecular weight is 340 g/mol.